The van der Waals surface area contributed by atoms with Crippen molar-refractivity contribution in [1.82, 2.24) is 14.3 Å². The molecule has 1 fully saturated rings. The maximum atomic E-state index is 11.3. The number of aromatic nitrogens is 2. The minimum Gasteiger partial charge on any atom is -0.393 e. The maximum Gasteiger partial charge on any atom is 0.352 e. The van der Waals surface area contributed by atoms with Gasteiger partial charge in [-0.05, 0) is 36.8 Å². The van der Waals surface area contributed by atoms with E-state index in [1.54, 1.807) is 18.3 Å². The first kappa shape index (κ1) is 14.0. The Kier molecular flexibility index (Phi) is 3.60. The molecule has 0 amide bonds. The van der Waals surface area contributed by atoms with Crippen LogP contribution < -0.4 is 0 Å². The number of hydrogen-bond acceptors (Lipinski definition) is 5. The fourth-order valence-electron chi connectivity index (χ4n) is 2.94. The first-order chi connectivity index (χ1) is 10.0. The standard InChI is InChI=1S/C14H18N4O3/c1-16(8-10-6-11(19)7-10)9-12-14(18(20)21)17-5-3-2-4-13(17)15-12/h2-5,10-11,19H,6-9H2,1H3. The van der Waals surface area contributed by atoms with Crippen LogP contribution in [0.1, 0.15) is 18.5 Å². The van der Waals surface area contributed by atoms with Crippen molar-refractivity contribution in [2.24, 2.45) is 5.92 Å². The lowest BCUT2D eigenvalue weighted by molar-refractivity contribution is -0.391. The molecule has 1 aliphatic rings. The van der Waals surface area contributed by atoms with Gasteiger partial charge >= 0.3 is 5.82 Å². The molecule has 0 bridgehead atoms. The Morgan fingerprint density at radius 2 is 2.29 bits per heavy atom. The van der Waals surface area contributed by atoms with Gasteiger partial charge in [-0.1, -0.05) is 6.07 Å². The third-order valence-corrected chi connectivity index (χ3v) is 3.95. The van der Waals surface area contributed by atoms with Crippen molar-refractivity contribution < 1.29 is 10.0 Å². The highest BCUT2D eigenvalue weighted by Crippen LogP contribution is 2.28. The van der Waals surface area contributed by atoms with Crippen molar-refractivity contribution in [1.29, 1.82) is 0 Å². The summed E-state index contributed by atoms with van der Waals surface area (Å²) in [5, 5.41) is 20.6. The van der Waals surface area contributed by atoms with Crippen molar-refractivity contribution >= 4 is 11.5 Å². The molecule has 0 spiro atoms. The molecule has 0 unspecified atom stereocenters. The smallest absolute Gasteiger partial charge is 0.352 e. The molecule has 2 aromatic heterocycles. The quantitative estimate of drug-likeness (QED) is 0.665. The largest absolute Gasteiger partial charge is 0.393 e. The van der Waals surface area contributed by atoms with Crippen LogP contribution in [-0.2, 0) is 6.54 Å². The van der Waals surface area contributed by atoms with E-state index in [4.69, 9.17) is 0 Å². The topological polar surface area (TPSA) is 83.9 Å². The van der Waals surface area contributed by atoms with E-state index in [0.717, 1.165) is 19.4 Å². The van der Waals surface area contributed by atoms with Gasteiger partial charge in [0.1, 0.15) is 0 Å². The van der Waals surface area contributed by atoms with E-state index in [0.29, 0.717) is 23.8 Å². The van der Waals surface area contributed by atoms with Crippen LogP contribution in [0, 0.1) is 16.0 Å². The molecular formula is C14H18N4O3. The van der Waals surface area contributed by atoms with Crippen LogP contribution in [0.2, 0.25) is 0 Å². The number of hydrogen-bond donors (Lipinski definition) is 1. The molecule has 1 N–H and O–H groups in total. The summed E-state index contributed by atoms with van der Waals surface area (Å²) in [6, 6.07) is 5.33. The fraction of sp³-hybridized carbons (Fsp3) is 0.500. The zero-order valence-electron chi connectivity index (χ0n) is 11.8. The zero-order valence-corrected chi connectivity index (χ0v) is 11.8. The van der Waals surface area contributed by atoms with Crippen LogP contribution in [-0.4, -0.2) is 44.0 Å². The molecule has 0 saturated heterocycles. The molecule has 0 aliphatic heterocycles. The van der Waals surface area contributed by atoms with Crippen LogP contribution >= 0.6 is 0 Å². The van der Waals surface area contributed by atoms with Gasteiger partial charge in [-0.3, -0.25) is 4.90 Å². The normalized spacial score (nSPS) is 21.7. The average Bonchev–Trinajstić information content (AvgIpc) is 2.74. The summed E-state index contributed by atoms with van der Waals surface area (Å²) in [4.78, 5) is 17.3. The lowest BCUT2D eigenvalue weighted by Gasteiger charge is -2.34. The molecule has 21 heavy (non-hydrogen) atoms. The predicted molar refractivity (Wildman–Crippen MR) is 76.9 cm³/mol. The SMILES string of the molecule is CN(Cc1nc2ccccn2c1[N+](=O)[O-])CC1CC(O)C1. The molecule has 0 aromatic carbocycles. The second-order valence-corrected chi connectivity index (χ2v) is 5.76. The first-order valence-electron chi connectivity index (χ1n) is 7.01. The molecule has 1 aliphatic carbocycles. The average molecular weight is 290 g/mol. The lowest BCUT2D eigenvalue weighted by atomic mass is 9.82. The summed E-state index contributed by atoms with van der Waals surface area (Å²) in [6.45, 7) is 1.26. The van der Waals surface area contributed by atoms with E-state index in [1.807, 2.05) is 18.0 Å². The number of aliphatic hydroxyl groups excluding tert-OH is 1. The van der Waals surface area contributed by atoms with Crippen LogP contribution in [0.3, 0.4) is 0 Å². The highest BCUT2D eigenvalue weighted by molar-refractivity contribution is 5.48. The van der Waals surface area contributed by atoms with Gasteiger partial charge in [-0.15, -0.1) is 0 Å². The minimum atomic E-state index is -0.379. The molecule has 2 heterocycles. The second kappa shape index (κ2) is 5.42. The maximum absolute atomic E-state index is 11.3. The van der Waals surface area contributed by atoms with Crippen molar-refractivity contribution in [3.63, 3.8) is 0 Å². The van der Waals surface area contributed by atoms with E-state index in [1.165, 1.54) is 4.40 Å². The third kappa shape index (κ3) is 2.74. The van der Waals surface area contributed by atoms with E-state index >= 15 is 0 Å². The number of pyridine rings is 1. The van der Waals surface area contributed by atoms with Gasteiger partial charge in [0, 0.05) is 19.2 Å². The zero-order chi connectivity index (χ0) is 15.0. The van der Waals surface area contributed by atoms with Gasteiger partial charge in [-0.25, -0.2) is 4.98 Å². The Morgan fingerprint density at radius 1 is 1.52 bits per heavy atom. The summed E-state index contributed by atoms with van der Waals surface area (Å²) >= 11 is 0. The summed E-state index contributed by atoms with van der Waals surface area (Å²) in [6.07, 6.45) is 3.12. The van der Waals surface area contributed by atoms with Crippen molar-refractivity contribution in [2.75, 3.05) is 13.6 Å². The van der Waals surface area contributed by atoms with Crippen LogP contribution in [0.25, 0.3) is 5.65 Å². The first-order valence-corrected chi connectivity index (χ1v) is 7.01. The molecule has 3 rings (SSSR count). The summed E-state index contributed by atoms with van der Waals surface area (Å²) in [5.41, 5.74) is 1.07. The number of rotatable bonds is 5. The Bertz CT molecular complexity index is 663. The molecule has 2 aromatic rings. The second-order valence-electron chi connectivity index (χ2n) is 5.76. The Morgan fingerprint density at radius 3 is 2.95 bits per heavy atom. The summed E-state index contributed by atoms with van der Waals surface area (Å²) in [7, 11) is 1.93. The highest BCUT2D eigenvalue weighted by Gasteiger charge is 2.29. The minimum absolute atomic E-state index is 0.0334. The number of aliphatic hydroxyl groups is 1. The van der Waals surface area contributed by atoms with Crippen LogP contribution in [0.5, 0.6) is 0 Å². The Balaban J connectivity index is 1.79. The lowest BCUT2D eigenvalue weighted by Crippen LogP contribution is -2.36. The monoisotopic (exact) mass is 290 g/mol. The third-order valence-electron chi connectivity index (χ3n) is 3.95. The van der Waals surface area contributed by atoms with Crippen LogP contribution in [0.15, 0.2) is 24.4 Å². The van der Waals surface area contributed by atoms with Gasteiger partial charge < -0.3 is 15.2 Å². The van der Waals surface area contributed by atoms with E-state index in [9.17, 15) is 15.2 Å². The van der Waals surface area contributed by atoms with Gasteiger partial charge in [-0.2, -0.15) is 4.40 Å². The van der Waals surface area contributed by atoms with Crippen molar-refractivity contribution in [3.05, 3.63) is 40.2 Å². The summed E-state index contributed by atoms with van der Waals surface area (Å²) < 4.78 is 1.51. The Hall–Kier alpha value is -1.99. The van der Waals surface area contributed by atoms with Gasteiger partial charge in [0.25, 0.3) is 0 Å². The Labute approximate surface area is 122 Å². The van der Waals surface area contributed by atoms with Gasteiger partial charge in [0.2, 0.25) is 5.65 Å². The molecule has 7 nitrogen and oxygen atoms in total. The molecule has 7 heteroatoms. The number of fused-ring (bicyclic) bond motifs is 1. The molecular weight excluding hydrogens is 272 g/mol. The van der Waals surface area contributed by atoms with E-state index in [2.05, 4.69) is 4.98 Å². The number of imidazole rings is 1. The van der Waals surface area contributed by atoms with E-state index in [-0.39, 0.29) is 16.8 Å². The van der Waals surface area contributed by atoms with Gasteiger partial charge in [0.05, 0.1) is 12.3 Å². The molecule has 0 radical (unpaired) electrons. The number of nitro groups is 1. The highest BCUT2D eigenvalue weighted by atomic mass is 16.6. The molecule has 0 atom stereocenters. The summed E-state index contributed by atoms with van der Waals surface area (Å²) in [5.74, 6) is 0.507. The molecule has 1 saturated carbocycles. The van der Waals surface area contributed by atoms with Crippen molar-refractivity contribution in [2.45, 2.75) is 25.5 Å². The van der Waals surface area contributed by atoms with E-state index < -0.39 is 0 Å². The molecule has 112 valence electrons. The van der Waals surface area contributed by atoms with Gasteiger partial charge in [0.15, 0.2) is 5.69 Å². The predicted octanol–water partition coefficient (Wildman–Crippen LogP) is 1.45. The number of nitrogens with zero attached hydrogens (tertiary/aromatic N) is 4. The van der Waals surface area contributed by atoms with Crippen molar-refractivity contribution in [3.8, 4) is 0 Å². The van der Waals surface area contributed by atoms with Crippen LogP contribution in [0.4, 0.5) is 5.82 Å². The fourth-order valence-corrected chi connectivity index (χ4v) is 2.94.